The molecule has 3 fully saturated rings. The van der Waals surface area contributed by atoms with Gasteiger partial charge in [0.15, 0.2) is 16.9 Å². The van der Waals surface area contributed by atoms with Crippen LogP contribution in [0.1, 0.15) is 110 Å². The SMILES string of the molecule is CCCC1(C)CC2(Cn3ncc(-c4ccc(N5CCc6c(OC)ccc(CNc7nc8ccccc8s7)c6C5)nc4C(=O)O)c3C)CCCC(OCCN(CCOC)C(=O)OCc3ccc(O[C@@H]4O[C@H](C(=O)O)[C@@H](O)[C@H](O)[C@H]4O)cc3OCCOCCNC(=O)CCNC(=O)CN3C(=O)C=CC3=O)(C1)C2. The molecular formula is C74H92N10O20S. The maximum absolute atomic E-state index is 14.2. The van der Waals surface area contributed by atoms with Crippen LogP contribution >= 0.6 is 11.3 Å². The molecule has 31 heteroatoms. The van der Waals surface area contributed by atoms with Gasteiger partial charge in [-0.25, -0.2) is 24.4 Å². The van der Waals surface area contributed by atoms with Gasteiger partial charge in [-0.2, -0.15) is 5.10 Å². The molecule has 2 bridgehead atoms. The zero-order valence-electron chi connectivity index (χ0n) is 59.5. The molecule has 6 heterocycles. The van der Waals surface area contributed by atoms with E-state index in [0.29, 0.717) is 55.1 Å². The van der Waals surface area contributed by atoms with Gasteiger partial charge in [-0.05, 0) is 123 Å². The van der Waals surface area contributed by atoms with E-state index in [1.54, 1.807) is 24.6 Å². The smallest absolute Gasteiger partial charge is 0.410 e. The van der Waals surface area contributed by atoms with Crippen molar-refractivity contribution in [2.45, 2.75) is 148 Å². The third kappa shape index (κ3) is 18.5. The van der Waals surface area contributed by atoms with Crippen molar-refractivity contribution in [3.05, 3.63) is 119 Å². The predicted molar refractivity (Wildman–Crippen MR) is 382 cm³/mol. The first-order valence-electron chi connectivity index (χ1n) is 35.3. The number of aliphatic hydroxyl groups excluding tert-OH is 3. The summed E-state index contributed by atoms with van der Waals surface area (Å²) in [5, 5.41) is 66.5. The van der Waals surface area contributed by atoms with Crippen LogP contribution in [0.4, 0.5) is 15.7 Å². The number of rotatable bonds is 35. The zero-order valence-corrected chi connectivity index (χ0v) is 60.4. The summed E-state index contributed by atoms with van der Waals surface area (Å²) in [5.41, 5.74) is 5.65. The standard InChI is InChI=1S/C74H92N10O20S/c1-6-22-72(3)41-73(44-84-45(2)51(37-78-84)50-15-17-57(80-62(50)67(92)93)82-27-21-49-52(38-82)46(13-16-54(49)98-5)36-77-70-79-53-10-7-8-11-56(53)105-70)23-9-24-74(42-72,43-73)102-32-29-81(28-31-97-4)71(96)101-40-47-12-14-48(103-69-65(91)63(89)64(90)66(104-69)68(94)95)35-55(47)100-34-33-99-30-26-76-58(85)20-25-75-59(86)39-83-60(87)18-19-61(83)88/h7-8,10-19,35,37,63-66,69,89-91H,6,9,20-34,36,38-44H2,1-5H3,(H,75,86)(H,76,85)(H,77,79)(H,92,93)(H,94,95)/t63-,64-,65+,66-,69+,72?,73?,74?/m0/s1. The van der Waals surface area contributed by atoms with Crippen LogP contribution in [0.15, 0.2) is 85.1 Å². The van der Waals surface area contributed by atoms with Crippen LogP contribution < -0.4 is 35.1 Å². The predicted octanol–water partition coefficient (Wildman–Crippen LogP) is 6.16. The normalized spacial score (nSPS) is 22.7. The lowest BCUT2D eigenvalue weighted by molar-refractivity contribution is -0.271. The number of amides is 5. The van der Waals surface area contributed by atoms with Crippen LogP contribution in [-0.4, -0.2) is 220 Å². The number of thiazole rings is 1. The summed E-state index contributed by atoms with van der Waals surface area (Å²) in [7, 11) is 3.20. The number of hydrogen-bond donors (Lipinski definition) is 8. The number of para-hydroxylation sites is 1. The number of ether oxygens (including phenoxy) is 8. The van der Waals surface area contributed by atoms with E-state index >= 15 is 0 Å². The maximum atomic E-state index is 14.2. The maximum Gasteiger partial charge on any atom is 0.410 e. The number of hydrogen-bond acceptors (Lipinski definition) is 24. The molecular weight excluding hydrogens is 1380 g/mol. The van der Waals surface area contributed by atoms with Crippen molar-refractivity contribution in [2.75, 3.05) is 96.7 Å². The van der Waals surface area contributed by atoms with Gasteiger partial charge < -0.3 is 89.2 Å². The van der Waals surface area contributed by atoms with E-state index in [1.807, 2.05) is 48.0 Å². The number of aromatic nitrogens is 4. The number of nitrogens with one attached hydrogen (secondary N) is 3. The lowest BCUT2D eigenvalue weighted by Gasteiger charge is -2.58. The summed E-state index contributed by atoms with van der Waals surface area (Å²) in [6.45, 7) is 8.65. The monoisotopic (exact) mass is 1470 g/mol. The number of methoxy groups -OCH3 is 2. The Morgan fingerprint density at radius 2 is 1.59 bits per heavy atom. The van der Waals surface area contributed by atoms with Crippen LogP contribution in [0.25, 0.3) is 21.3 Å². The van der Waals surface area contributed by atoms with E-state index in [0.717, 1.165) is 112 Å². The average Bonchev–Trinajstić information content (AvgIpc) is 1.40. The number of benzene rings is 3. The Hall–Kier alpha value is -9.34. The van der Waals surface area contributed by atoms with Crippen LogP contribution in [0.3, 0.4) is 0 Å². The Balaban J connectivity index is 0.721. The van der Waals surface area contributed by atoms with Crippen molar-refractivity contribution in [3.63, 3.8) is 0 Å². The van der Waals surface area contributed by atoms with Gasteiger partial charge in [-0.15, -0.1) is 0 Å². The number of anilines is 2. The molecule has 3 aromatic carbocycles. The molecule has 0 radical (unpaired) electrons. The molecule has 3 unspecified atom stereocenters. The number of imide groups is 1. The van der Waals surface area contributed by atoms with Gasteiger partial charge in [-0.1, -0.05) is 49.8 Å². The second-order valence-corrected chi connectivity index (χ2v) is 28.7. The first kappa shape index (κ1) is 76.8. The molecule has 3 aromatic heterocycles. The number of aliphatic hydroxyl groups is 3. The molecule has 2 aliphatic carbocycles. The fourth-order valence-corrected chi connectivity index (χ4v) is 16.3. The van der Waals surface area contributed by atoms with Gasteiger partial charge in [0, 0.05) is 112 Å². The Morgan fingerprint density at radius 1 is 0.810 bits per heavy atom. The number of carbonyl (C=O) groups is 7. The second kappa shape index (κ2) is 34.3. The third-order valence-electron chi connectivity index (χ3n) is 20.1. The van der Waals surface area contributed by atoms with E-state index in [1.165, 1.54) is 30.2 Å². The van der Waals surface area contributed by atoms with Gasteiger partial charge in [0.2, 0.25) is 18.1 Å². The van der Waals surface area contributed by atoms with E-state index in [2.05, 4.69) is 46.8 Å². The van der Waals surface area contributed by atoms with Crippen molar-refractivity contribution >= 4 is 74.2 Å². The molecule has 564 valence electrons. The Kier molecular flexibility index (Phi) is 25.1. The lowest BCUT2D eigenvalue weighted by Crippen LogP contribution is -2.61. The summed E-state index contributed by atoms with van der Waals surface area (Å²) in [5.74, 6) is -3.48. The number of fused-ring (bicyclic) bond motifs is 4. The summed E-state index contributed by atoms with van der Waals surface area (Å²) in [6.07, 6.45) is 1.44. The topological polar surface area (TPSA) is 384 Å². The molecule has 11 rings (SSSR count). The van der Waals surface area contributed by atoms with Crippen molar-refractivity contribution in [1.29, 1.82) is 0 Å². The number of aliphatic carboxylic acids is 1. The van der Waals surface area contributed by atoms with Crippen LogP contribution in [-0.2, 0) is 80.3 Å². The van der Waals surface area contributed by atoms with Crippen molar-refractivity contribution in [2.24, 2.45) is 10.8 Å². The summed E-state index contributed by atoms with van der Waals surface area (Å²) in [4.78, 5) is 102. The first-order valence-corrected chi connectivity index (χ1v) is 36.2. The highest BCUT2D eigenvalue weighted by Gasteiger charge is 2.56. The fourth-order valence-electron chi connectivity index (χ4n) is 15.4. The highest BCUT2D eigenvalue weighted by Crippen LogP contribution is 2.61. The van der Waals surface area contributed by atoms with Gasteiger partial charge in [0.1, 0.15) is 61.1 Å². The number of aromatic carboxylic acids is 1. The third-order valence-corrected chi connectivity index (χ3v) is 21.1. The molecule has 105 heavy (non-hydrogen) atoms. The van der Waals surface area contributed by atoms with Crippen LogP contribution in [0.5, 0.6) is 17.2 Å². The van der Waals surface area contributed by atoms with E-state index < -0.39 is 84.5 Å². The molecule has 0 spiro atoms. The van der Waals surface area contributed by atoms with Crippen LogP contribution in [0.2, 0.25) is 0 Å². The molecule has 2 saturated carbocycles. The summed E-state index contributed by atoms with van der Waals surface area (Å²) in [6, 6.07) is 20.2. The average molecular weight is 1470 g/mol. The molecule has 1 saturated heterocycles. The summed E-state index contributed by atoms with van der Waals surface area (Å²) < 4.78 is 50.5. The Morgan fingerprint density at radius 3 is 2.35 bits per heavy atom. The molecule has 5 aliphatic rings. The van der Waals surface area contributed by atoms with E-state index in [9.17, 15) is 59.1 Å². The highest BCUT2D eigenvalue weighted by atomic mass is 32.1. The number of carbonyl (C=O) groups excluding carboxylic acids is 5. The van der Waals surface area contributed by atoms with Crippen molar-refractivity contribution in [1.82, 2.24) is 40.2 Å². The van der Waals surface area contributed by atoms with Crippen molar-refractivity contribution in [3.8, 4) is 28.4 Å². The van der Waals surface area contributed by atoms with E-state index in [-0.39, 0.29) is 100 Å². The van der Waals surface area contributed by atoms with Gasteiger partial charge in [-0.3, -0.25) is 28.8 Å². The number of nitrogens with zero attached hydrogens (tertiary/aromatic N) is 7. The lowest BCUT2D eigenvalue weighted by atomic mass is 9.51. The molecule has 8 N–H and O–H groups in total. The molecule has 6 aromatic rings. The van der Waals surface area contributed by atoms with Gasteiger partial charge in [0.05, 0.1) is 55.6 Å². The Bertz CT molecular complexity index is 4120. The number of carboxylic acid groups (broad SMARTS) is 2. The largest absolute Gasteiger partial charge is 0.496 e. The second-order valence-electron chi connectivity index (χ2n) is 27.7. The molecule has 5 amide bonds. The van der Waals surface area contributed by atoms with E-state index in [4.69, 9.17) is 53.0 Å². The first-order chi connectivity index (χ1) is 50.5. The molecule has 8 atom stereocenters. The van der Waals surface area contributed by atoms with Crippen LogP contribution in [0, 0.1) is 17.8 Å². The minimum absolute atomic E-state index is 0.00653. The molecule has 3 aliphatic heterocycles. The van der Waals surface area contributed by atoms with Gasteiger partial charge >= 0.3 is 18.0 Å². The summed E-state index contributed by atoms with van der Waals surface area (Å²) >= 11 is 1.60. The fraction of sp³-hybridized carbons (Fsp3) is 0.514. The number of carboxylic acids is 2. The van der Waals surface area contributed by atoms with Crippen molar-refractivity contribution < 1.29 is 97.0 Å². The molecule has 30 nitrogen and oxygen atoms in total. The zero-order chi connectivity index (χ0) is 74.6. The quantitative estimate of drug-likeness (QED) is 0.0163. The minimum atomic E-state index is -1.96. The Labute approximate surface area is 610 Å². The highest BCUT2D eigenvalue weighted by molar-refractivity contribution is 7.22. The number of pyridine rings is 1. The minimum Gasteiger partial charge on any atom is -0.496 e. The van der Waals surface area contributed by atoms with Gasteiger partial charge in [0.25, 0.3) is 11.8 Å².